The molecule has 0 radical (unpaired) electrons. The van der Waals surface area contributed by atoms with Crippen LogP contribution in [0, 0.1) is 6.92 Å². The molecule has 0 saturated carbocycles. The maximum Gasteiger partial charge on any atom is 0.307 e. The van der Waals surface area contributed by atoms with Gasteiger partial charge in [-0.1, -0.05) is 12.1 Å². The third kappa shape index (κ3) is 3.47. The lowest BCUT2D eigenvalue weighted by Crippen LogP contribution is -2.18. The number of hydrogen-bond acceptors (Lipinski definition) is 3. The molecule has 18 heavy (non-hydrogen) atoms. The number of benzene rings is 1. The Kier molecular flexibility index (Phi) is 4.20. The van der Waals surface area contributed by atoms with Crippen molar-refractivity contribution in [1.29, 1.82) is 0 Å². The fourth-order valence-electron chi connectivity index (χ4n) is 2.24. The first kappa shape index (κ1) is 12.9. The summed E-state index contributed by atoms with van der Waals surface area (Å²) in [5, 5.41) is 12.1. The summed E-state index contributed by atoms with van der Waals surface area (Å²) >= 11 is 0. The van der Waals surface area contributed by atoms with Crippen LogP contribution in [0.2, 0.25) is 0 Å². The van der Waals surface area contributed by atoms with Gasteiger partial charge < -0.3 is 15.2 Å². The van der Waals surface area contributed by atoms with Gasteiger partial charge in [0.25, 0.3) is 0 Å². The van der Waals surface area contributed by atoms with Gasteiger partial charge in [0.05, 0.1) is 12.5 Å². The van der Waals surface area contributed by atoms with E-state index in [1.54, 1.807) is 0 Å². The lowest BCUT2D eigenvalue weighted by Gasteiger charge is -2.14. The van der Waals surface area contributed by atoms with Gasteiger partial charge in [-0.2, -0.15) is 0 Å². The van der Waals surface area contributed by atoms with Gasteiger partial charge in [0.15, 0.2) is 0 Å². The van der Waals surface area contributed by atoms with Crippen molar-refractivity contribution in [3.8, 4) is 0 Å². The van der Waals surface area contributed by atoms with Gasteiger partial charge >= 0.3 is 5.97 Å². The molecule has 0 aliphatic carbocycles. The van der Waals surface area contributed by atoms with Crippen LogP contribution < -0.4 is 5.32 Å². The Hall–Kier alpha value is -1.55. The number of carbonyl (C=O) groups is 1. The van der Waals surface area contributed by atoms with Gasteiger partial charge in [0.1, 0.15) is 0 Å². The Balaban J connectivity index is 1.94. The molecule has 1 saturated heterocycles. The Morgan fingerprint density at radius 3 is 3.00 bits per heavy atom. The van der Waals surface area contributed by atoms with Crippen LogP contribution in [0.1, 0.15) is 24.0 Å². The molecule has 1 atom stereocenters. The van der Waals surface area contributed by atoms with E-state index >= 15 is 0 Å². The van der Waals surface area contributed by atoms with Crippen LogP contribution in [0.15, 0.2) is 18.2 Å². The van der Waals surface area contributed by atoms with Gasteiger partial charge in [-0.3, -0.25) is 4.79 Å². The number of anilines is 1. The van der Waals surface area contributed by atoms with Crippen LogP contribution >= 0.6 is 0 Å². The van der Waals surface area contributed by atoms with Crippen LogP contribution in [0.4, 0.5) is 5.69 Å². The second kappa shape index (κ2) is 5.87. The predicted octanol–water partition coefficient (Wildman–Crippen LogP) is 2.21. The highest BCUT2D eigenvalue weighted by atomic mass is 16.5. The zero-order valence-corrected chi connectivity index (χ0v) is 10.6. The first-order valence-electron chi connectivity index (χ1n) is 6.32. The predicted molar refractivity (Wildman–Crippen MR) is 70.0 cm³/mol. The van der Waals surface area contributed by atoms with Gasteiger partial charge in [0, 0.05) is 18.8 Å². The molecule has 1 aliphatic rings. The Bertz CT molecular complexity index is 425. The van der Waals surface area contributed by atoms with Crippen molar-refractivity contribution in [2.45, 2.75) is 32.3 Å². The van der Waals surface area contributed by atoms with E-state index in [0.717, 1.165) is 42.8 Å². The number of hydrogen-bond donors (Lipinski definition) is 2. The monoisotopic (exact) mass is 249 g/mol. The highest BCUT2D eigenvalue weighted by Gasteiger charge is 2.15. The summed E-state index contributed by atoms with van der Waals surface area (Å²) in [6.45, 7) is 3.67. The summed E-state index contributed by atoms with van der Waals surface area (Å²) in [6.07, 6.45) is 2.64. The van der Waals surface area contributed by atoms with Crippen molar-refractivity contribution in [1.82, 2.24) is 0 Å². The SMILES string of the molecule is Cc1cc(CC(=O)O)ccc1NCC1CCCO1. The molecule has 2 rings (SSSR count). The molecule has 1 aromatic rings. The van der Waals surface area contributed by atoms with Crippen LogP contribution in [0.5, 0.6) is 0 Å². The first-order valence-corrected chi connectivity index (χ1v) is 6.32. The van der Waals surface area contributed by atoms with Gasteiger partial charge in [-0.25, -0.2) is 0 Å². The molecule has 1 aromatic carbocycles. The van der Waals surface area contributed by atoms with E-state index in [0.29, 0.717) is 6.10 Å². The average molecular weight is 249 g/mol. The molecule has 0 aromatic heterocycles. The Morgan fingerprint density at radius 2 is 2.39 bits per heavy atom. The maximum atomic E-state index is 10.6. The molecule has 4 nitrogen and oxygen atoms in total. The van der Waals surface area contributed by atoms with Crippen LogP contribution in [0.25, 0.3) is 0 Å². The highest BCUT2D eigenvalue weighted by Crippen LogP contribution is 2.19. The minimum absolute atomic E-state index is 0.0762. The van der Waals surface area contributed by atoms with Crippen molar-refractivity contribution in [3.05, 3.63) is 29.3 Å². The van der Waals surface area contributed by atoms with Crippen molar-refractivity contribution in [2.75, 3.05) is 18.5 Å². The lowest BCUT2D eigenvalue weighted by atomic mass is 10.1. The van der Waals surface area contributed by atoms with E-state index < -0.39 is 5.97 Å². The molecule has 98 valence electrons. The Labute approximate surface area is 107 Å². The Morgan fingerprint density at radius 1 is 1.56 bits per heavy atom. The molecule has 0 bridgehead atoms. The molecular weight excluding hydrogens is 230 g/mol. The van der Waals surface area contributed by atoms with E-state index in [-0.39, 0.29) is 6.42 Å². The molecule has 1 fully saturated rings. The number of carboxylic acids is 1. The van der Waals surface area contributed by atoms with E-state index in [9.17, 15) is 4.79 Å². The topological polar surface area (TPSA) is 58.6 Å². The van der Waals surface area contributed by atoms with Crippen molar-refractivity contribution >= 4 is 11.7 Å². The van der Waals surface area contributed by atoms with Crippen molar-refractivity contribution in [3.63, 3.8) is 0 Å². The van der Waals surface area contributed by atoms with Gasteiger partial charge in [0.2, 0.25) is 0 Å². The third-order valence-corrected chi connectivity index (χ3v) is 3.19. The summed E-state index contributed by atoms with van der Waals surface area (Å²) in [6, 6.07) is 5.73. The number of aliphatic carboxylic acids is 1. The lowest BCUT2D eigenvalue weighted by molar-refractivity contribution is -0.136. The number of nitrogens with one attached hydrogen (secondary N) is 1. The summed E-state index contributed by atoms with van der Waals surface area (Å²) < 4.78 is 5.55. The molecule has 4 heteroatoms. The van der Waals surface area contributed by atoms with Gasteiger partial charge in [-0.05, 0) is 37.0 Å². The van der Waals surface area contributed by atoms with E-state index in [4.69, 9.17) is 9.84 Å². The van der Waals surface area contributed by atoms with Crippen molar-refractivity contribution < 1.29 is 14.6 Å². The van der Waals surface area contributed by atoms with Crippen LogP contribution in [-0.4, -0.2) is 30.3 Å². The molecule has 1 heterocycles. The zero-order valence-electron chi connectivity index (χ0n) is 10.6. The molecule has 2 N–H and O–H groups in total. The van der Waals surface area contributed by atoms with E-state index in [2.05, 4.69) is 5.32 Å². The van der Waals surface area contributed by atoms with Crippen LogP contribution in [0.3, 0.4) is 0 Å². The number of carboxylic acid groups (broad SMARTS) is 1. The summed E-state index contributed by atoms with van der Waals surface area (Å²) in [4.78, 5) is 10.6. The second-order valence-corrected chi connectivity index (χ2v) is 4.74. The largest absolute Gasteiger partial charge is 0.481 e. The van der Waals surface area contributed by atoms with E-state index in [1.165, 1.54) is 0 Å². The van der Waals surface area contributed by atoms with E-state index in [1.807, 2.05) is 25.1 Å². The average Bonchev–Trinajstić information content (AvgIpc) is 2.80. The fourth-order valence-corrected chi connectivity index (χ4v) is 2.24. The second-order valence-electron chi connectivity index (χ2n) is 4.74. The molecule has 0 amide bonds. The van der Waals surface area contributed by atoms with Crippen LogP contribution in [-0.2, 0) is 16.0 Å². The first-order chi connectivity index (χ1) is 8.65. The van der Waals surface area contributed by atoms with Crippen molar-refractivity contribution in [2.24, 2.45) is 0 Å². The standard InChI is InChI=1S/C14H19NO3/c1-10-7-11(8-14(16)17)4-5-13(10)15-9-12-3-2-6-18-12/h4-5,7,12,15H,2-3,6,8-9H2,1H3,(H,16,17). The van der Waals surface area contributed by atoms with Gasteiger partial charge in [-0.15, -0.1) is 0 Å². The molecule has 1 unspecified atom stereocenters. The molecular formula is C14H19NO3. The smallest absolute Gasteiger partial charge is 0.307 e. The number of rotatable bonds is 5. The highest BCUT2D eigenvalue weighted by molar-refractivity contribution is 5.70. The molecule has 1 aliphatic heterocycles. The summed E-state index contributed by atoms with van der Waals surface area (Å²) in [5.74, 6) is -0.797. The number of ether oxygens (including phenoxy) is 1. The summed E-state index contributed by atoms with van der Waals surface area (Å²) in [7, 11) is 0. The maximum absolute atomic E-state index is 10.6. The third-order valence-electron chi connectivity index (χ3n) is 3.19. The normalized spacial score (nSPS) is 18.8. The fraction of sp³-hybridized carbons (Fsp3) is 0.500. The zero-order chi connectivity index (χ0) is 13.0. The number of aryl methyl sites for hydroxylation is 1. The summed E-state index contributed by atoms with van der Waals surface area (Å²) in [5.41, 5.74) is 2.97. The minimum Gasteiger partial charge on any atom is -0.481 e. The minimum atomic E-state index is -0.797. The molecule has 0 spiro atoms. The quantitative estimate of drug-likeness (QED) is 0.840.